The van der Waals surface area contributed by atoms with Crippen LogP contribution < -0.4 is 5.32 Å². The van der Waals surface area contributed by atoms with Crippen molar-refractivity contribution < 1.29 is 19.0 Å². The zero-order chi connectivity index (χ0) is 12.1. The van der Waals surface area contributed by atoms with Crippen LogP contribution in [0.2, 0.25) is 0 Å². The molecular weight excluding hydrogens is 210 g/mol. The van der Waals surface area contributed by atoms with Crippen molar-refractivity contribution in [2.45, 2.75) is 6.92 Å². The van der Waals surface area contributed by atoms with E-state index >= 15 is 0 Å². The van der Waals surface area contributed by atoms with Crippen molar-refractivity contribution in [3.05, 3.63) is 0 Å². The van der Waals surface area contributed by atoms with Crippen molar-refractivity contribution in [1.82, 2.24) is 5.32 Å². The minimum atomic E-state index is -0.0505. The topological polar surface area (TPSA) is 56.8 Å². The smallest absolute Gasteiger partial charge is 0.216 e. The zero-order valence-corrected chi connectivity index (χ0v) is 9.66. The summed E-state index contributed by atoms with van der Waals surface area (Å²) < 4.78 is 15.4. The lowest BCUT2D eigenvalue weighted by Gasteiger charge is -2.06. The van der Waals surface area contributed by atoms with E-state index in [1.807, 2.05) is 0 Å². The van der Waals surface area contributed by atoms with Gasteiger partial charge in [-0.2, -0.15) is 0 Å². The van der Waals surface area contributed by atoms with Gasteiger partial charge >= 0.3 is 0 Å². The van der Waals surface area contributed by atoms with Gasteiger partial charge in [-0.25, -0.2) is 0 Å². The fraction of sp³-hybridized carbons (Fsp3) is 0.727. The largest absolute Gasteiger partial charge is 0.377 e. The molecule has 92 valence electrons. The summed E-state index contributed by atoms with van der Waals surface area (Å²) >= 11 is 0. The van der Waals surface area contributed by atoms with Gasteiger partial charge in [-0.1, -0.05) is 5.92 Å². The Kier molecular flexibility index (Phi) is 11.2. The lowest BCUT2D eigenvalue weighted by Crippen LogP contribution is -2.25. The standard InChI is InChI=1S/C11H19NO4/c1-3-5-14-7-9-16-10-8-15-6-4-12-11(2)13/h1H,4-10H2,2H3,(H,12,13). The number of terminal acetylenes is 1. The second-order valence-electron chi connectivity index (χ2n) is 2.96. The first-order valence-electron chi connectivity index (χ1n) is 5.18. The van der Waals surface area contributed by atoms with Gasteiger partial charge in [0.25, 0.3) is 0 Å². The molecule has 0 atom stereocenters. The van der Waals surface area contributed by atoms with Crippen LogP contribution in [-0.2, 0) is 19.0 Å². The summed E-state index contributed by atoms with van der Waals surface area (Å²) in [7, 11) is 0. The van der Waals surface area contributed by atoms with Gasteiger partial charge in [-0.15, -0.1) is 6.42 Å². The molecule has 0 aromatic heterocycles. The maximum Gasteiger partial charge on any atom is 0.216 e. The predicted octanol–water partition coefficient (Wildman–Crippen LogP) is -0.194. The number of carbonyl (C=O) groups excluding carboxylic acids is 1. The summed E-state index contributed by atoms with van der Waals surface area (Å²) in [5.41, 5.74) is 0. The molecule has 5 heteroatoms. The maximum absolute atomic E-state index is 10.5. The molecule has 0 aromatic rings. The molecule has 5 nitrogen and oxygen atoms in total. The van der Waals surface area contributed by atoms with E-state index in [0.717, 1.165) is 0 Å². The number of amides is 1. The number of nitrogens with one attached hydrogen (secondary N) is 1. The van der Waals surface area contributed by atoms with Crippen LogP contribution in [0.5, 0.6) is 0 Å². The van der Waals surface area contributed by atoms with Crippen molar-refractivity contribution in [2.24, 2.45) is 0 Å². The Morgan fingerprint density at radius 2 is 1.69 bits per heavy atom. The van der Waals surface area contributed by atoms with Crippen LogP contribution >= 0.6 is 0 Å². The molecule has 0 bridgehead atoms. The van der Waals surface area contributed by atoms with Crippen LogP contribution in [0, 0.1) is 12.3 Å². The van der Waals surface area contributed by atoms with Crippen LogP contribution in [0.1, 0.15) is 6.92 Å². The van der Waals surface area contributed by atoms with E-state index in [2.05, 4.69) is 11.2 Å². The van der Waals surface area contributed by atoms with Gasteiger partial charge in [-0.3, -0.25) is 4.79 Å². The van der Waals surface area contributed by atoms with Crippen LogP contribution in [-0.4, -0.2) is 52.1 Å². The summed E-state index contributed by atoms with van der Waals surface area (Å²) in [6.07, 6.45) is 4.99. The summed E-state index contributed by atoms with van der Waals surface area (Å²) in [6, 6.07) is 0. The monoisotopic (exact) mass is 229 g/mol. The lowest BCUT2D eigenvalue weighted by molar-refractivity contribution is -0.119. The van der Waals surface area contributed by atoms with Crippen LogP contribution in [0.25, 0.3) is 0 Å². The highest BCUT2D eigenvalue weighted by atomic mass is 16.5. The SMILES string of the molecule is C#CCOCCOCCOCCNC(C)=O. The Bertz CT molecular complexity index is 213. The van der Waals surface area contributed by atoms with Gasteiger partial charge in [0, 0.05) is 13.5 Å². The van der Waals surface area contributed by atoms with Gasteiger partial charge in [0.2, 0.25) is 5.91 Å². The molecule has 0 fully saturated rings. The summed E-state index contributed by atoms with van der Waals surface area (Å²) in [5, 5.41) is 2.63. The van der Waals surface area contributed by atoms with Gasteiger partial charge in [0.1, 0.15) is 6.61 Å². The highest BCUT2D eigenvalue weighted by molar-refractivity contribution is 5.72. The number of rotatable bonds is 10. The molecule has 0 aliphatic rings. The molecule has 0 rings (SSSR count). The molecular formula is C11H19NO4. The molecule has 0 heterocycles. The quantitative estimate of drug-likeness (QED) is 0.416. The van der Waals surface area contributed by atoms with Crippen LogP contribution in [0.4, 0.5) is 0 Å². The molecule has 0 spiro atoms. The second-order valence-corrected chi connectivity index (χ2v) is 2.96. The third-order valence-corrected chi connectivity index (χ3v) is 1.55. The highest BCUT2D eigenvalue weighted by Crippen LogP contribution is 1.80. The van der Waals surface area contributed by atoms with E-state index in [-0.39, 0.29) is 5.91 Å². The molecule has 0 aliphatic carbocycles. The third kappa shape index (κ3) is 12.9. The maximum atomic E-state index is 10.5. The minimum Gasteiger partial charge on any atom is -0.377 e. The normalized spacial score (nSPS) is 9.75. The Labute approximate surface area is 96.4 Å². The lowest BCUT2D eigenvalue weighted by atomic mass is 10.6. The van der Waals surface area contributed by atoms with E-state index in [9.17, 15) is 4.79 Å². The molecule has 0 saturated carbocycles. The molecule has 16 heavy (non-hydrogen) atoms. The first kappa shape index (κ1) is 14.9. The highest BCUT2D eigenvalue weighted by Gasteiger charge is 1.92. The van der Waals surface area contributed by atoms with Crippen molar-refractivity contribution >= 4 is 5.91 Å². The summed E-state index contributed by atoms with van der Waals surface area (Å²) in [6.45, 7) is 4.84. The van der Waals surface area contributed by atoms with Crippen molar-refractivity contribution in [1.29, 1.82) is 0 Å². The van der Waals surface area contributed by atoms with E-state index < -0.39 is 0 Å². The number of carbonyl (C=O) groups is 1. The molecule has 0 radical (unpaired) electrons. The van der Waals surface area contributed by atoms with Crippen LogP contribution in [0.3, 0.4) is 0 Å². The average Bonchev–Trinajstić information content (AvgIpc) is 2.25. The summed E-state index contributed by atoms with van der Waals surface area (Å²) in [4.78, 5) is 10.5. The van der Waals surface area contributed by atoms with E-state index in [1.54, 1.807) is 0 Å². The molecule has 0 saturated heterocycles. The van der Waals surface area contributed by atoms with Crippen molar-refractivity contribution in [2.75, 3.05) is 46.2 Å². The molecule has 0 unspecified atom stereocenters. The zero-order valence-electron chi connectivity index (χ0n) is 9.66. The van der Waals surface area contributed by atoms with Gasteiger partial charge < -0.3 is 19.5 Å². The van der Waals surface area contributed by atoms with E-state index in [1.165, 1.54) is 6.92 Å². The molecule has 1 N–H and O–H groups in total. The molecule has 1 amide bonds. The number of hydrogen-bond donors (Lipinski definition) is 1. The predicted molar refractivity (Wildman–Crippen MR) is 60.0 cm³/mol. The first-order chi connectivity index (χ1) is 7.77. The molecule has 0 aliphatic heterocycles. The van der Waals surface area contributed by atoms with Gasteiger partial charge in [0.05, 0.1) is 33.0 Å². The Hall–Kier alpha value is -1.09. The number of hydrogen-bond acceptors (Lipinski definition) is 4. The fourth-order valence-electron chi connectivity index (χ4n) is 0.870. The third-order valence-electron chi connectivity index (χ3n) is 1.55. The Morgan fingerprint density at radius 1 is 1.12 bits per heavy atom. The van der Waals surface area contributed by atoms with Crippen molar-refractivity contribution in [3.8, 4) is 12.3 Å². The minimum absolute atomic E-state index is 0.0505. The van der Waals surface area contributed by atoms with Crippen LogP contribution in [0.15, 0.2) is 0 Å². The summed E-state index contributed by atoms with van der Waals surface area (Å²) in [5.74, 6) is 2.31. The second kappa shape index (κ2) is 12.0. The Morgan fingerprint density at radius 3 is 2.25 bits per heavy atom. The first-order valence-corrected chi connectivity index (χ1v) is 5.18. The van der Waals surface area contributed by atoms with Crippen molar-refractivity contribution in [3.63, 3.8) is 0 Å². The average molecular weight is 229 g/mol. The van der Waals surface area contributed by atoms with Gasteiger partial charge in [0.15, 0.2) is 0 Å². The number of ether oxygens (including phenoxy) is 3. The van der Waals surface area contributed by atoms with E-state index in [0.29, 0.717) is 46.2 Å². The van der Waals surface area contributed by atoms with Gasteiger partial charge in [-0.05, 0) is 0 Å². The Balaban J connectivity index is 2.94. The van der Waals surface area contributed by atoms with E-state index in [4.69, 9.17) is 20.6 Å². The molecule has 0 aromatic carbocycles. The fourth-order valence-corrected chi connectivity index (χ4v) is 0.870.